The molecule has 0 saturated heterocycles. The largest absolute Gasteiger partial charge is 1.00 e. The van der Waals surface area contributed by atoms with Crippen LogP contribution in [0, 0.1) is 28.6 Å². The molecule has 0 heterocycles. The smallest absolute Gasteiger partial charge is 0.545 e. The first-order chi connectivity index (χ1) is 21.0. The van der Waals surface area contributed by atoms with Crippen LogP contribution >= 0.6 is 0 Å². The molecule has 1 aromatic carbocycles. The molecule has 0 aliphatic heterocycles. The molecule has 3 saturated carbocycles. The molecule has 1 aromatic rings. The van der Waals surface area contributed by atoms with Crippen molar-refractivity contribution in [3.8, 4) is 0 Å². The molecule has 14 heteroatoms. The van der Waals surface area contributed by atoms with Gasteiger partial charge in [-0.15, -0.1) is 0 Å². The van der Waals surface area contributed by atoms with Gasteiger partial charge in [-0.3, -0.25) is 18.9 Å². The number of fused-ring (bicyclic) bond motifs is 5. The minimum Gasteiger partial charge on any atom is -0.545 e. The standard InChI is InChI=1S/C25H36O10S.C7H6O2.Na/c1-23-12-18(28)22-16(17(23)7-8-25(23,31)19(29)13-26)6-5-14-10-15(27)11-20(24(14,22)2)35-21(30)4-3-9-36(32,33)34;8-7(9)6-4-2-1-3-5-6;/h10,16-18,20,22,26,28,31H,3-9,11-13H2,1-2H3,(H,32,33,34);1-5H,(H,8,9);/q;;+1/p-1/t16-,17-,18-,20?,22+,23-,24+,25-;;/m0../s1. The van der Waals surface area contributed by atoms with E-state index in [2.05, 4.69) is 0 Å². The predicted octanol–water partition coefficient (Wildman–Crippen LogP) is -1.97. The number of ketones is 2. The van der Waals surface area contributed by atoms with E-state index in [0.717, 1.165) is 5.57 Å². The molecule has 0 aromatic heterocycles. The number of esters is 1. The van der Waals surface area contributed by atoms with Gasteiger partial charge in [0.05, 0.1) is 17.8 Å². The van der Waals surface area contributed by atoms with Gasteiger partial charge in [-0.1, -0.05) is 49.8 Å². The summed E-state index contributed by atoms with van der Waals surface area (Å²) in [5.41, 5.74) is -2.47. The third-order valence-corrected chi connectivity index (χ3v) is 11.6. The molecule has 1 unspecified atom stereocenters. The molecule has 248 valence electrons. The van der Waals surface area contributed by atoms with E-state index in [1.54, 1.807) is 24.3 Å². The molecule has 3 fully saturated rings. The minimum absolute atomic E-state index is 0. The third-order valence-electron chi connectivity index (χ3n) is 10.8. The van der Waals surface area contributed by atoms with Crippen molar-refractivity contribution in [3.05, 3.63) is 47.5 Å². The van der Waals surface area contributed by atoms with Crippen molar-refractivity contribution >= 4 is 33.6 Å². The first-order valence-electron chi connectivity index (χ1n) is 15.2. The molecule has 4 aliphatic carbocycles. The Hall–Kier alpha value is -1.97. The first kappa shape index (κ1) is 38.5. The summed E-state index contributed by atoms with van der Waals surface area (Å²) in [6, 6.07) is 8.06. The summed E-state index contributed by atoms with van der Waals surface area (Å²) in [5.74, 6) is -3.80. The number of hydrogen-bond donors (Lipinski definition) is 4. The van der Waals surface area contributed by atoms with Crippen molar-refractivity contribution in [2.45, 2.75) is 83.0 Å². The Kier molecular flexibility index (Phi) is 12.3. The Morgan fingerprint density at radius 1 is 1.11 bits per heavy atom. The molecule has 0 radical (unpaired) electrons. The number of ether oxygens (including phenoxy) is 1. The fourth-order valence-corrected chi connectivity index (χ4v) is 9.16. The zero-order chi connectivity index (χ0) is 33.4. The molecule has 0 bridgehead atoms. The zero-order valence-electron chi connectivity index (χ0n) is 26.4. The molecule has 0 amide bonds. The van der Waals surface area contributed by atoms with Crippen molar-refractivity contribution < 1.29 is 86.9 Å². The number of aromatic carboxylic acids is 1. The van der Waals surface area contributed by atoms with Gasteiger partial charge < -0.3 is 30.0 Å². The van der Waals surface area contributed by atoms with E-state index in [1.807, 2.05) is 13.8 Å². The van der Waals surface area contributed by atoms with E-state index >= 15 is 0 Å². The van der Waals surface area contributed by atoms with Crippen LogP contribution in [0.3, 0.4) is 0 Å². The molecule has 4 aliphatic rings. The maximum absolute atomic E-state index is 12.6. The number of Topliss-reactive ketones (excluding diaryl/α,β-unsaturated/α-hetero) is 1. The summed E-state index contributed by atoms with van der Waals surface area (Å²) in [6.45, 7) is 2.93. The van der Waals surface area contributed by atoms with E-state index < -0.39 is 68.8 Å². The van der Waals surface area contributed by atoms with Gasteiger partial charge in [0.25, 0.3) is 10.1 Å². The number of carbonyl (C=O) groups excluding carboxylic acids is 4. The van der Waals surface area contributed by atoms with Crippen LogP contribution in [0.25, 0.3) is 0 Å². The van der Waals surface area contributed by atoms with Gasteiger partial charge in [-0.25, -0.2) is 0 Å². The Balaban J connectivity index is 0.000000497. The summed E-state index contributed by atoms with van der Waals surface area (Å²) in [5, 5.41) is 42.5. The average Bonchev–Trinajstić information content (AvgIpc) is 3.23. The Labute approximate surface area is 290 Å². The maximum Gasteiger partial charge on any atom is 1.00 e. The average molecular weight is 673 g/mol. The summed E-state index contributed by atoms with van der Waals surface area (Å²) in [6.07, 6.45) is 1.44. The second-order valence-corrected chi connectivity index (χ2v) is 14.7. The SMILES string of the molecule is C[C@]12C[C@H](O)[C@H]3[C@@H](CCC4=CC(=O)CC(OC(=O)CCCS(=O)(=O)O)[C@@]43C)[C@@H]1CC[C@]2(O)C(=O)CO.O=C([O-])c1ccccc1.[Na+]. The number of carbonyl (C=O) groups is 4. The van der Waals surface area contributed by atoms with E-state index in [-0.39, 0.29) is 90.8 Å². The molecule has 4 N–H and O–H groups in total. The Bertz CT molecular complexity index is 1460. The predicted molar refractivity (Wildman–Crippen MR) is 157 cm³/mol. The molecule has 5 rings (SSSR count). The van der Waals surface area contributed by atoms with E-state index in [1.165, 1.54) is 12.1 Å². The maximum atomic E-state index is 12.6. The van der Waals surface area contributed by atoms with Crippen LogP contribution in [-0.4, -0.2) is 82.0 Å². The van der Waals surface area contributed by atoms with Crippen LogP contribution in [0.5, 0.6) is 0 Å². The van der Waals surface area contributed by atoms with Gasteiger partial charge in [-0.2, -0.15) is 8.42 Å². The van der Waals surface area contributed by atoms with Gasteiger partial charge in [0, 0.05) is 29.6 Å². The molecule has 12 nitrogen and oxygen atoms in total. The van der Waals surface area contributed by atoms with Crippen LogP contribution in [0.1, 0.15) is 75.6 Å². The number of aliphatic hydroxyl groups excluding tert-OH is 2. The zero-order valence-corrected chi connectivity index (χ0v) is 29.2. The fourth-order valence-electron chi connectivity index (χ4n) is 8.65. The third kappa shape index (κ3) is 7.36. The molecular formula is C32H41NaO12S. The second kappa shape index (κ2) is 14.7. The van der Waals surface area contributed by atoms with Crippen molar-refractivity contribution in [3.63, 3.8) is 0 Å². The van der Waals surface area contributed by atoms with Gasteiger partial charge in [0.1, 0.15) is 18.3 Å². The summed E-state index contributed by atoms with van der Waals surface area (Å²) >= 11 is 0. The van der Waals surface area contributed by atoms with Crippen LogP contribution in [-0.2, 0) is 29.2 Å². The van der Waals surface area contributed by atoms with Crippen molar-refractivity contribution in [1.29, 1.82) is 0 Å². The van der Waals surface area contributed by atoms with E-state index in [9.17, 15) is 48.0 Å². The summed E-state index contributed by atoms with van der Waals surface area (Å²) < 4.78 is 36.6. The molecular weight excluding hydrogens is 631 g/mol. The van der Waals surface area contributed by atoms with E-state index in [4.69, 9.17) is 9.29 Å². The number of rotatable bonds is 8. The normalized spacial score (nSPS) is 34.7. The van der Waals surface area contributed by atoms with Gasteiger partial charge in [-0.05, 0) is 62.0 Å². The number of carboxylic acids is 1. The Morgan fingerprint density at radius 2 is 1.76 bits per heavy atom. The van der Waals surface area contributed by atoms with Crippen molar-refractivity contribution in [2.75, 3.05) is 12.4 Å². The topological polar surface area (TPSA) is 216 Å². The van der Waals surface area contributed by atoms with Gasteiger partial charge in [0.2, 0.25) is 0 Å². The minimum atomic E-state index is -4.21. The summed E-state index contributed by atoms with van der Waals surface area (Å²) in [4.78, 5) is 47.8. The van der Waals surface area contributed by atoms with Gasteiger partial charge in [0.15, 0.2) is 11.6 Å². The second-order valence-electron chi connectivity index (χ2n) is 13.1. The molecule has 46 heavy (non-hydrogen) atoms. The van der Waals surface area contributed by atoms with Crippen LogP contribution in [0.2, 0.25) is 0 Å². The number of carboxylic acid groups (broad SMARTS) is 1. The summed E-state index contributed by atoms with van der Waals surface area (Å²) in [7, 11) is -4.21. The molecule has 8 atom stereocenters. The van der Waals surface area contributed by atoms with Gasteiger partial charge >= 0.3 is 35.5 Å². The van der Waals surface area contributed by atoms with E-state index in [0.29, 0.717) is 19.3 Å². The number of aliphatic hydroxyl groups is 3. The van der Waals surface area contributed by atoms with Crippen LogP contribution in [0.15, 0.2) is 42.0 Å². The fraction of sp³-hybridized carbons (Fsp3) is 0.625. The van der Waals surface area contributed by atoms with Crippen LogP contribution in [0.4, 0.5) is 0 Å². The first-order valence-corrected chi connectivity index (χ1v) is 16.8. The number of benzene rings is 1. The van der Waals surface area contributed by atoms with Crippen LogP contribution < -0.4 is 34.7 Å². The monoisotopic (exact) mass is 672 g/mol. The van der Waals surface area contributed by atoms with Crippen molar-refractivity contribution in [2.24, 2.45) is 28.6 Å². The quantitative estimate of drug-likeness (QED) is 0.134. The van der Waals surface area contributed by atoms with Crippen molar-refractivity contribution in [1.82, 2.24) is 0 Å². The Morgan fingerprint density at radius 3 is 2.33 bits per heavy atom. The molecule has 0 spiro atoms. The number of hydrogen-bond acceptors (Lipinski definition) is 11.